The molecule has 2 N–H and O–H groups in total. The molecule has 3 nitrogen and oxygen atoms in total. The maximum absolute atomic E-state index is 12.6. The minimum Gasteiger partial charge on any atom is -0.439 e. The molecule has 0 radical (unpaired) electrons. The summed E-state index contributed by atoms with van der Waals surface area (Å²) < 4.78 is 43.1. The third-order valence-corrected chi connectivity index (χ3v) is 2.74. The van der Waals surface area contributed by atoms with Gasteiger partial charge in [-0.2, -0.15) is 13.2 Å². The Hall–Kier alpha value is -2.08. The molecule has 21 heavy (non-hydrogen) atoms. The van der Waals surface area contributed by atoms with E-state index in [1.807, 2.05) is 6.92 Å². The molecule has 0 amide bonds. The van der Waals surface area contributed by atoms with Crippen molar-refractivity contribution in [1.29, 1.82) is 0 Å². The van der Waals surface area contributed by atoms with E-state index in [2.05, 4.69) is 4.98 Å². The summed E-state index contributed by atoms with van der Waals surface area (Å²) in [6, 6.07) is 8.10. The second kappa shape index (κ2) is 6.13. The minimum absolute atomic E-state index is 0.0158. The third-order valence-electron chi connectivity index (χ3n) is 2.74. The van der Waals surface area contributed by atoms with Crippen LogP contribution in [0.3, 0.4) is 0 Å². The summed E-state index contributed by atoms with van der Waals surface area (Å²) >= 11 is 0. The van der Waals surface area contributed by atoms with Gasteiger partial charge < -0.3 is 10.5 Å². The maximum atomic E-state index is 12.6. The number of nitrogens with two attached hydrogens (primary N) is 1. The van der Waals surface area contributed by atoms with Crippen LogP contribution in [0.1, 0.15) is 18.1 Å². The number of halogens is 3. The predicted molar refractivity (Wildman–Crippen MR) is 73.1 cm³/mol. The molecule has 1 aromatic heterocycles. The van der Waals surface area contributed by atoms with Crippen molar-refractivity contribution in [3.05, 3.63) is 53.7 Å². The fraction of sp³-hybridized carbons (Fsp3) is 0.267. The zero-order valence-corrected chi connectivity index (χ0v) is 11.4. The van der Waals surface area contributed by atoms with Crippen LogP contribution in [0.25, 0.3) is 0 Å². The Labute approximate surface area is 120 Å². The van der Waals surface area contributed by atoms with E-state index in [0.717, 1.165) is 17.7 Å². The van der Waals surface area contributed by atoms with Crippen molar-refractivity contribution >= 4 is 0 Å². The molecule has 1 unspecified atom stereocenters. The van der Waals surface area contributed by atoms with Crippen molar-refractivity contribution in [3.63, 3.8) is 0 Å². The Bertz CT molecular complexity index is 595. The van der Waals surface area contributed by atoms with Crippen molar-refractivity contribution in [1.82, 2.24) is 4.98 Å². The van der Waals surface area contributed by atoms with Gasteiger partial charge in [-0.1, -0.05) is 12.1 Å². The van der Waals surface area contributed by atoms with Gasteiger partial charge in [0.25, 0.3) is 0 Å². The van der Waals surface area contributed by atoms with Crippen molar-refractivity contribution in [3.8, 4) is 11.6 Å². The van der Waals surface area contributed by atoms with Gasteiger partial charge in [-0.25, -0.2) is 4.98 Å². The number of ether oxygens (including phenoxy) is 1. The molecule has 1 aromatic carbocycles. The highest BCUT2D eigenvalue weighted by atomic mass is 19.4. The van der Waals surface area contributed by atoms with E-state index in [0.29, 0.717) is 6.42 Å². The number of hydrogen-bond acceptors (Lipinski definition) is 3. The first kappa shape index (κ1) is 15.3. The molecule has 0 aliphatic heterocycles. The predicted octanol–water partition coefficient (Wildman–Crippen LogP) is 3.78. The monoisotopic (exact) mass is 296 g/mol. The van der Waals surface area contributed by atoms with Crippen LogP contribution < -0.4 is 10.5 Å². The first-order valence-corrected chi connectivity index (χ1v) is 6.40. The average molecular weight is 296 g/mol. The number of rotatable bonds is 4. The molecule has 1 atom stereocenters. The van der Waals surface area contributed by atoms with Crippen LogP contribution >= 0.6 is 0 Å². The maximum Gasteiger partial charge on any atom is 0.416 e. The Morgan fingerprint density at radius 1 is 1.24 bits per heavy atom. The quantitative estimate of drug-likeness (QED) is 0.934. The van der Waals surface area contributed by atoms with E-state index >= 15 is 0 Å². The summed E-state index contributed by atoms with van der Waals surface area (Å²) in [6.45, 7) is 1.88. The van der Waals surface area contributed by atoms with Gasteiger partial charge in [0.1, 0.15) is 5.75 Å². The SMILES string of the molecule is CC(N)Cc1ccc(Oc2cccc(C(F)(F)F)c2)nc1. The topological polar surface area (TPSA) is 48.1 Å². The lowest BCUT2D eigenvalue weighted by Gasteiger charge is -2.10. The lowest BCUT2D eigenvalue weighted by atomic mass is 10.1. The number of pyridine rings is 1. The lowest BCUT2D eigenvalue weighted by Crippen LogP contribution is -2.17. The van der Waals surface area contributed by atoms with E-state index in [1.165, 1.54) is 12.1 Å². The summed E-state index contributed by atoms with van der Waals surface area (Å²) in [5.74, 6) is 0.333. The largest absolute Gasteiger partial charge is 0.439 e. The zero-order chi connectivity index (χ0) is 15.5. The molecule has 0 bridgehead atoms. The minimum atomic E-state index is -4.39. The summed E-state index contributed by atoms with van der Waals surface area (Å²) in [5, 5.41) is 0. The van der Waals surface area contributed by atoms with Crippen LogP contribution in [0.2, 0.25) is 0 Å². The first-order valence-electron chi connectivity index (χ1n) is 6.40. The first-order chi connectivity index (χ1) is 9.84. The fourth-order valence-electron chi connectivity index (χ4n) is 1.82. The Morgan fingerprint density at radius 2 is 2.00 bits per heavy atom. The number of benzene rings is 1. The van der Waals surface area contributed by atoms with Crippen LogP contribution in [-0.4, -0.2) is 11.0 Å². The summed E-state index contributed by atoms with van der Waals surface area (Å²) in [6.07, 6.45) is -2.11. The van der Waals surface area contributed by atoms with E-state index in [4.69, 9.17) is 10.5 Å². The molecule has 0 saturated carbocycles. The smallest absolute Gasteiger partial charge is 0.416 e. The van der Waals surface area contributed by atoms with Gasteiger partial charge in [-0.05, 0) is 37.1 Å². The molecule has 6 heteroatoms. The highest BCUT2D eigenvalue weighted by Crippen LogP contribution is 2.32. The molecular formula is C15H15F3N2O. The van der Waals surface area contributed by atoms with Crippen LogP contribution in [0.5, 0.6) is 11.6 Å². The highest BCUT2D eigenvalue weighted by Gasteiger charge is 2.30. The Morgan fingerprint density at radius 3 is 2.57 bits per heavy atom. The van der Waals surface area contributed by atoms with E-state index < -0.39 is 11.7 Å². The second-order valence-electron chi connectivity index (χ2n) is 4.81. The van der Waals surface area contributed by atoms with Crippen molar-refractivity contribution in [2.45, 2.75) is 25.6 Å². The van der Waals surface area contributed by atoms with E-state index in [1.54, 1.807) is 18.3 Å². The van der Waals surface area contributed by atoms with Gasteiger partial charge in [0.05, 0.1) is 5.56 Å². The summed E-state index contributed by atoms with van der Waals surface area (Å²) in [4.78, 5) is 4.06. The summed E-state index contributed by atoms with van der Waals surface area (Å²) in [5.41, 5.74) is 5.87. The fourth-order valence-corrected chi connectivity index (χ4v) is 1.82. The van der Waals surface area contributed by atoms with E-state index in [9.17, 15) is 13.2 Å². The lowest BCUT2D eigenvalue weighted by molar-refractivity contribution is -0.137. The van der Waals surface area contributed by atoms with Crippen molar-refractivity contribution in [2.24, 2.45) is 5.73 Å². The number of alkyl halides is 3. The van der Waals surface area contributed by atoms with Gasteiger partial charge in [-0.3, -0.25) is 0 Å². The number of aromatic nitrogens is 1. The molecule has 2 aromatic rings. The van der Waals surface area contributed by atoms with Gasteiger partial charge in [-0.15, -0.1) is 0 Å². The molecule has 1 heterocycles. The Kier molecular flexibility index (Phi) is 4.47. The molecule has 0 aliphatic carbocycles. The third kappa shape index (κ3) is 4.46. The van der Waals surface area contributed by atoms with Crippen LogP contribution in [0.4, 0.5) is 13.2 Å². The molecule has 0 fully saturated rings. The van der Waals surface area contributed by atoms with Gasteiger partial charge in [0.2, 0.25) is 5.88 Å². The summed E-state index contributed by atoms with van der Waals surface area (Å²) in [7, 11) is 0. The van der Waals surface area contributed by atoms with Crippen LogP contribution in [0, 0.1) is 0 Å². The molecule has 0 spiro atoms. The zero-order valence-electron chi connectivity index (χ0n) is 11.4. The molecule has 2 rings (SSSR count). The molecular weight excluding hydrogens is 281 g/mol. The average Bonchev–Trinajstić information content (AvgIpc) is 2.40. The van der Waals surface area contributed by atoms with Crippen molar-refractivity contribution in [2.75, 3.05) is 0 Å². The van der Waals surface area contributed by atoms with Gasteiger partial charge >= 0.3 is 6.18 Å². The molecule has 112 valence electrons. The van der Waals surface area contributed by atoms with Gasteiger partial charge in [0.15, 0.2) is 0 Å². The number of hydrogen-bond donors (Lipinski definition) is 1. The Balaban J connectivity index is 2.11. The standard InChI is InChI=1S/C15H15F3N2O/c1-10(19)7-11-5-6-14(20-9-11)21-13-4-2-3-12(8-13)15(16,17)18/h2-6,8-10H,7,19H2,1H3. The van der Waals surface area contributed by atoms with Crippen molar-refractivity contribution < 1.29 is 17.9 Å². The molecule has 0 aliphatic rings. The van der Waals surface area contributed by atoms with Crippen LogP contribution in [-0.2, 0) is 12.6 Å². The van der Waals surface area contributed by atoms with Crippen LogP contribution in [0.15, 0.2) is 42.6 Å². The second-order valence-corrected chi connectivity index (χ2v) is 4.81. The van der Waals surface area contributed by atoms with Gasteiger partial charge in [0, 0.05) is 18.3 Å². The number of nitrogens with zero attached hydrogens (tertiary/aromatic N) is 1. The molecule has 0 saturated heterocycles. The van der Waals surface area contributed by atoms with E-state index in [-0.39, 0.29) is 17.7 Å². The normalized spacial score (nSPS) is 13.0. The highest BCUT2D eigenvalue weighted by molar-refractivity contribution is 5.33.